The first-order valence-corrected chi connectivity index (χ1v) is 19.8. The molecule has 0 saturated carbocycles. The highest BCUT2D eigenvalue weighted by Crippen LogP contribution is 2.08. The molecule has 0 heterocycles. The molecular formula is C45H72O5. The molecule has 0 aliphatic heterocycles. The van der Waals surface area contributed by atoms with Crippen LogP contribution in [0, 0.1) is 0 Å². The highest BCUT2D eigenvalue weighted by molar-refractivity contribution is 5.70. The molecule has 0 aliphatic carbocycles. The Labute approximate surface area is 307 Å². The Morgan fingerprint density at radius 2 is 0.740 bits per heavy atom. The largest absolute Gasteiger partial charge is 0.463 e. The molecule has 282 valence electrons. The van der Waals surface area contributed by atoms with Gasteiger partial charge in [0.25, 0.3) is 0 Å². The predicted octanol–water partition coefficient (Wildman–Crippen LogP) is 12.5. The Bertz CT molecular complexity index is 1010. The highest BCUT2D eigenvalue weighted by Gasteiger charge is 2.11. The zero-order valence-electron chi connectivity index (χ0n) is 31.9. The lowest BCUT2D eigenvalue weighted by molar-refractivity contribution is -0.152. The Kier molecular flexibility index (Phi) is 37.7. The van der Waals surface area contributed by atoms with E-state index in [1.165, 1.54) is 70.6 Å². The molecule has 1 N–H and O–H groups in total. The first-order chi connectivity index (χ1) is 24.6. The second kappa shape index (κ2) is 40.3. The van der Waals surface area contributed by atoms with Gasteiger partial charge in [0, 0.05) is 12.8 Å². The molecule has 0 aliphatic rings. The summed E-state index contributed by atoms with van der Waals surface area (Å²) >= 11 is 0. The van der Waals surface area contributed by atoms with Crippen LogP contribution in [0.5, 0.6) is 0 Å². The first kappa shape index (κ1) is 46.8. The van der Waals surface area contributed by atoms with Gasteiger partial charge in [-0.25, -0.2) is 0 Å². The van der Waals surface area contributed by atoms with E-state index in [9.17, 15) is 14.7 Å². The van der Waals surface area contributed by atoms with Gasteiger partial charge in [0.1, 0.15) is 19.3 Å². The van der Waals surface area contributed by atoms with Crippen LogP contribution in [0.2, 0.25) is 0 Å². The van der Waals surface area contributed by atoms with Crippen LogP contribution in [0.15, 0.2) is 97.2 Å². The fourth-order valence-corrected chi connectivity index (χ4v) is 4.79. The number of allylic oxidation sites excluding steroid dienone is 16. The van der Waals surface area contributed by atoms with E-state index in [2.05, 4.69) is 98.9 Å². The van der Waals surface area contributed by atoms with Crippen LogP contribution < -0.4 is 0 Å². The van der Waals surface area contributed by atoms with Gasteiger partial charge in [-0.05, 0) is 83.5 Å². The van der Waals surface area contributed by atoms with E-state index in [1.807, 2.05) is 12.2 Å². The van der Waals surface area contributed by atoms with Crippen LogP contribution in [0.4, 0.5) is 0 Å². The number of carbonyl (C=O) groups excluding carboxylic acids is 2. The molecular weight excluding hydrogens is 620 g/mol. The Balaban J connectivity index is 3.68. The summed E-state index contributed by atoms with van der Waals surface area (Å²) in [5, 5.41) is 9.99. The van der Waals surface area contributed by atoms with Crippen molar-refractivity contribution < 1.29 is 24.2 Å². The summed E-state index contributed by atoms with van der Waals surface area (Å²) in [6.45, 7) is 4.14. The minimum absolute atomic E-state index is 0.171. The number of carbonyl (C=O) groups is 2. The molecule has 0 spiro atoms. The molecule has 0 saturated heterocycles. The van der Waals surface area contributed by atoms with Crippen molar-refractivity contribution in [1.29, 1.82) is 0 Å². The summed E-state index contributed by atoms with van der Waals surface area (Å²) in [7, 11) is 0. The van der Waals surface area contributed by atoms with Crippen LogP contribution in [-0.2, 0) is 19.1 Å². The molecule has 5 heteroatoms. The lowest BCUT2D eigenvalue weighted by atomic mass is 10.1. The molecule has 0 amide bonds. The quantitative estimate of drug-likeness (QED) is 0.0413. The van der Waals surface area contributed by atoms with E-state index >= 15 is 0 Å². The molecule has 0 rings (SSSR count). The zero-order chi connectivity index (χ0) is 36.4. The number of unbranched alkanes of at least 4 members (excludes halogenated alkanes) is 10. The van der Waals surface area contributed by atoms with Gasteiger partial charge in [0.05, 0.1) is 0 Å². The van der Waals surface area contributed by atoms with Crippen molar-refractivity contribution in [3.63, 3.8) is 0 Å². The number of esters is 2. The van der Waals surface area contributed by atoms with E-state index in [0.29, 0.717) is 19.3 Å². The third-order valence-electron chi connectivity index (χ3n) is 7.81. The van der Waals surface area contributed by atoms with Crippen molar-refractivity contribution in [3.05, 3.63) is 97.2 Å². The zero-order valence-corrected chi connectivity index (χ0v) is 31.9. The van der Waals surface area contributed by atoms with Crippen molar-refractivity contribution in [2.75, 3.05) is 13.2 Å². The maximum Gasteiger partial charge on any atom is 0.306 e. The summed E-state index contributed by atoms with van der Waals surface area (Å²) in [5.41, 5.74) is 0. The van der Waals surface area contributed by atoms with Crippen LogP contribution in [0.25, 0.3) is 0 Å². The van der Waals surface area contributed by atoms with Crippen LogP contribution in [0.3, 0.4) is 0 Å². The molecule has 50 heavy (non-hydrogen) atoms. The van der Waals surface area contributed by atoms with Crippen molar-refractivity contribution in [2.45, 2.75) is 161 Å². The third-order valence-corrected chi connectivity index (χ3v) is 7.81. The van der Waals surface area contributed by atoms with Crippen molar-refractivity contribution in [2.24, 2.45) is 0 Å². The highest BCUT2D eigenvalue weighted by atomic mass is 16.6. The summed E-state index contributed by atoms with van der Waals surface area (Å²) in [6, 6.07) is 0. The molecule has 0 radical (unpaired) electrons. The topological polar surface area (TPSA) is 72.8 Å². The monoisotopic (exact) mass is 693 g/mol. The normalized spacial score (nSPS) is 13.3. The molecule has 1 atom stereocenters. The average molecular weight is 693 g/mol. The number of hydrogen-bond donors (Lipinski definition) is 1. The maximum atomic E-state index is 11.9. The summed E-state index contributed by atoms with van der Waals surface area (Å²) < 4.78 is 10.2. The number of rotatable bonds is 34. The van der Waals surface area contributed by atoms with Crippen LogP contribution >= 0.6 is 0 Å². The van der Waals surface area contributed by atoms with Crippen molar-refractivity contribution in [1.82, 2.24) is 0 Å². The SMILES string of the molecule is CCCCC/C=C\C/C=C\C/C=C\C/C=C\C/C=C\CCC(=O)OC[C@H](O)COC(=O)CCC/C=C\C/C=C\C/C=C\CCCCCCCC. The van der Waals surface area contributed by atoms with E-state index in [1.54, 1.807) is 0 Å². The minimum atomic E-state index is -1.02. The molecule has 0 aromatic carbocycles. The fourth-order valence-electron chi connectivity index (χ4n) is 4.79. The lowest BCUT2D eigenvalue weighted by Gasteiger charge is -2.11. The average Bonchev–Trinajstić information content (AvgIpc) is 3.12. The Morgan fingerprint density at radius 3 is 1.20 bits per heavy atom. The summed E-state index contributed by atoms with van der Waals surface area (Å²) in [6.07, 6.45) is 56.2. The predicted molar refractivity (Wildman–Crippen MR) is 214 cm³/mol. The van der Waals surface area contributed by atoms with E-state index in [4.69, 9.17) is 9.47 Å². The maximum absolute atomic E-state index is 11.9. The molecule has 0 unspecified atom stereocenters. The van der Waals surface area contributed by atoms with Gasteiger partial charge in [0.2, 0.25) is 0 Å². The van der Waals surface area contributed by atoms with Gasteiger partial charge in [0.15, 0.2) is 0 Å². The van der Waals surface area contributed by atoms with Crippen molar-refractivity contribution in [3.8, 4) is 0 Å². The third kappa shape index (κ3) is 39.3. The lowest BCUT2D eigenvalue weighted by Crippen LogP contribution is -2.25. The van der Waals surface area contributed by atoms with E-state index in [0.717, 1.165) is 44.9 Å². The second-order valence-electron chi connectivity index (χ2n) is 12.7. The minimum Gasteiger partial charge on any atom is -0.463 e. The van der Waals surface area contributed by atoms with Gasteiger partial charge < -0.3 is 14.6 Å². The number of aliphatic hydroxyl groups excluding tert-OH is 1. The fraction of sp³-hybridized carbons (Fsp3) is 0.600. The number of ether oxygens (including phenoxy) is 2. The van der Waals surface area contributed by atoms with Gasteiger partial charge in [-0.1, -0.05) is 156 Å². The number of hydrogen-bond acceptors (Lipinski definition) is 5. The van der Waals surface area contributed by atoms with Gasteiger partial charge in [-0.15, -0.1) is 0 Å². The molecule has 0 bridgehead atoms. The molecule has 5 nitrogen and oxygen atoms in total. The van der Waals surface area contributed by atoms with Gasteiger partial charge >= 0.3 is 11.9 Å². The van der Waals surface area contributed by atoms with Gasteiger partial charge in [-0.2, -0.15) is 0 Å². The Hall–Kier alpha value is -3.18. The molecule has 0 fully saturated rings. The van der Waals surface area contributed by atoms with Crippen LogP contribution in [-0.4, -0.2) is 36.4 Å². The van der Waals surface area contributed by atoms with E-state index < -0.39 is 6.10 Å². The van der Waals surface area contributed by atoms with Gasteiger partial charge in [-0.3, -0.25) is 9.59 Å². The summed E-state index contributed by atoms with van der Waals surface area (Å²) in [4.78, 5) is 23.9. The molecule has 0 aromatic rings. The van der Waals surface area contributed by atoms with E-state index in [-0.39, 0.29) is 31.6 Å². The Morgan fingerprint density at radius 1 is 0.420 bits per heavy atom. The van der Waals surface area contributed by atoms with Crippen molar-refractivity contribution >= 4 is 11.9 Å². The summed E-state index contributed by atoms with van der Waals surface area (Å²) in [5.74, 6) is -0.727. The standard InChI is InChI=1S/C45H72O5/c1-3-5-7-9-11-13-15-17-19-21-22-24-26-28-30-32-34-36-38-40-45(48)50-42-43(46)41-49-44(47)39-37-35-33-31-29-27-25-23-20-18-16-14-12-10-8-6-4-2/h11,13,17-20,22,24-25,27-28,30-31,33-34,36,43,46H,3-10,12,14-16,21,23,26,29,32,35,37-42H2,1-2H3/b13-11-,19-17-,20-18-,24-22-,27-25-,30-28-,33-31-,36-34-/t43-/m1/s1. The smallest absolute Gasteiger partial charge is 0.306 e. The first-order valence-electron chi connectivity index (χ1n) is 19.8. The van der Waals surface area contributed by atoms with Crippen LogP contribution in [0.1, 0.15) is 155 Å². The second-order valence-corrected chi connectivity index (χ2v) is 12.7. The molecule has 0 aromatic heterocycles. The number of aliphatic hydroxyl groups is 1.